The summed E-state index contributed by atoms with van der Waals surface area (Å²) < 4.78 is 0. The number of aromatic nitrogens is 2. The second-order valence-electron chi connectivity index (χ2n) is 8.01. The molecular weight excluding hydrogens is 350 g/mol. The minimum Gasteiger partial charge on any atom is -0.381 e. The van der Waals surface area contributed by atoms with Crippen molar-refractivity contribution in [2.45, 2.75) is 50.4 Å². The van der Waals surface area contributed by atoms with Gasteiger partial charge < -0.3 is 16.0 Å². The number of hydrogen-bond donors (Lipinski definition) is 3. The number of hydrogen-bond acceptors (Lipinski definition) is 4. The molecule has 3 atom stereocenters. The van der Waals surface area contributed by atoms with Gasteiger partial charge in [0.2, 0.25) is 0 Å². The first-order valence-electron chi connectivity index (χ1n) is 10.0. The number of rotatable bonds is 5. The van der Waals surface area contributed by atoms with Crippen LogP contribution < -0.4 is 11.1 Å². The van der Waals surface area contributed by atoms with Gasteiger partial charge in [0.25, 0.3) is 5.91 Å². The molecule has 4 N–H and O–H groups in total. The van der Waals surface area contributed by atoms with Crippen molar-refractivity contribution in [3.63, 3.8) is 0 Å². The van der Waals surface area contributed by atoms with Gasteiger partial charge in [0.15, 0.2) is 0 Å². The molecule has 144 valence electrons. The molecule has 2 bridgehead atoms. The molecule has 0 unspecified atom stereocenters. The highest BCUT2D eigenvalue weighted by Gasteiger charge is 2.40. The van der Waals surface area contributed by atoms with Gasteiger partial charge in [-0.15, -0.1) is 0 Å². The van der Waals surface area contributed by atoms with Gasteiger partial charge >= 0.3 is 0 Å². The molecule has 4 heterocycles. The fraction of sp³-hybridized carbons (Fsp3) is 0.364. The molecule has 2 saturated heterocycles. The Morgan fingerprint density at radius 2 is 1.93 bits per heavy atom. The van der Waals surface area contributed by atoms with Gasteiger partial charge in [-0.1, -0.05) is 30.3 Å². The van der Waals surface area contributed by atoms with E-state index in [0.717, 1.165) is 36.1 Å². The molecule has 2 aliphatic heterocycles. The van der Waals surface area contributed by atoms with Crippen LogP contribution in [0.5, 0.6) is 0 Å². The van der Waals surface area contributed by atoms with Gasteiger partial charge in [-0.25, -0.2) is 4.98 Å². The van der Waals surface area contributed by atoms with E-state index < -0.39 is 5.91 Å². The van der Waals surface area contributed by atoms with E-state index in [2.05, 4.69) is 50.5 Å². The SMILES string of the molecule is NC(=O)c1cnc2[nH]ccc2c1N[C@H]1C[C@H]2CC[C@@H](C1)N2Cc1ccccc1. The van der Waals surface area contributed by atoms with Crippen LogP contribution in [0, 0.1) is 0 Å². The van der Waals surface area contributed by atoms with Crippen molar-refractivity contribution in [1.82, 2.24) is 14.9 Å². The topological polar surface area (TPSA) is 87.0 Å². The highest BCUT2D eigenvalue weighted by atomic mass is 16.1. The number of pyridine rings is 1. The smallest absolute Gasteiger partial charge is 0.252 e. The molecule has 3 aromatic rings. The lowest BCUT2D eigenvalue weighted by molar-refractivity contribution is 0.100. The van der Waals surface area contributed by atoms with Crippen LogP contribution in [0.25, 0.3) is 11.0 Å². The molecule has 1 aromatic carbocycles. The second kappa shape index (κ2) is 6.95. The zero-order chi connectivity index (χ0) is 19.1. The zero-order valence-electron chi connectivity index (χ0n) is 15.8. The molecule has 2 aromatic heterocycles. The molecule has 2 aliphatic rings. The molecule has 0 saturated carbocycles. The first kappa shape index (κ1) is 17.3. The lowest BCUT2D eigenvalue weighted by atomic mass is 9.95. The van der Waals surface area contributed by atoms with Gasteiger partial charge in [0, 0.05) is 42.5 Å². The lowest BCUT2D eigenvalue weighted by Crippen LogP contribution is -2.46. The Morgan fingerprint density at radius 3 is 2.64 bits per heavy atom. The number of carbonyl (C=O) groups excluding carboxylic acids is 1. The first-order chi connectivity index (χ1) is 13.7. The normalized spacial score (nSPS) is 24.5. The van der Waals surface area contributed by atoms with Gasteiger partial charge in [0.1, 0.15) is 5.65 Å². The third-order valence-corrected chi connectivity index (χ3v) is 6.29. The second-order valence-corrected chi connectivity index (χ2v) is 8.01. The molecule has 1 amide bonds. The third kappa shape index (κ3) is 3.03. The van der Waals surface area contributed by atoms with E-state index in [4.69, 9.17) is 5.73 Å². The maximum atomic E-state index is 11.9. The molecule has 28 heavy (non-hydrogen) atoms. The van der Waals surface area contributed by atoms with Gasteiger partial charge in [-0.05, 0) is 37.3 Å². The maximum absolute atomic E-state index is 11.9. The average molecular weight is 375 g/mol. The Kier molecular flexibility index (Phi) is 4.28. The number of fused-ring (bicyclic) bond motifs is 3. The van der Waals surface area contributed by atoms with Crippen molar-refractivity contribution >= 4 is 22.6 Å². The van der Waals surface area contributed by atoms with E-state index in [9.17, 15) is 4.79 Å². The molecule has 6 heteroatoms. The molecule has 5 rings (SSSR count). The molecule has 0 aliphatic carbocycles. The molecule has 2 fully saturated rings. The van der Waals surface area contributed by atoms with Crippen LogP contribution in [0.4, 0.5) is 5.69 Å². The third-order valence-electron chi connectivity index (χ3n) is 6.29. The van der Waals surface area contributed by atoms with Crippen molar-refractivity contribution in [3.05, 3.63) is 59.9 Å². The van der Waals surface area contributed by atoms with Crippen molar-refractivity contribution in [1.29, 1.82) is 0 Å². The summed E-state index contributed by atoms with van der Waals surface area (Å²) in [6.45, 7) is 1.02. The number of amides is 1. The number of primary amides is 1. The first-order valence-corrected chi connectivity index (χ1v) is 10.0. The summed E-state index contributed by atoms with van der Waals surface area (Å²) in [5.41, 5.74) is 9.05. The Labute approximate surface area is 164 Å². The van der Waals surface area contributed by atoms with Crippen LogP contribution >= 0.6 is 0 Å². The number of carbonyl (C=O) groups is 1. The highest BCUT2D eigenvalue weighted by Crippen LogP contribution is 2.39. The van der Waals surface area contributed by atoms with Crippen LogP contribution in [-0.4, -0.2) is 38.9 Å². The molecule has 6 nitrogen and oxygen atoms in total. The van der Waals surface area contributed by atoms with Gasteiger partial charge in [0.05, 0.1) is 11.3 Å². The predicted molar refractivity (Wildman–Crippen MR) is 110 cm³/mol. The highest BCUT2D eigenvalue weighted by molar-refractivity contribution is 6.05. The summed E-state index contributed by atoms with van der Waals surface area (Å²) in [5, 5.41) is 4.58. The quantitative estimate of drug-likeness (QED) is 0.639. The minimum atomic E-state index is -0.442. The van der Waals surface area contributed by atoms with Crippen LogP contribution in [0.3, 0.4) is 0 Å². The van der Waals surface area contributed by atoms with Crippen LogP contribution in [0.1, 0.15) is 41.6 Å². The summed E-state index contributed by atoms with van der Waals surface area (Å²) >= 11 is 0. The fourth-order valence-corrected chi connectivity index (χ4v) is 5.00. The zero-order valence-corrected chi connectivity index (χ0v) is 15.8. The van der Waals surface area contributed by atoms with E-state index in [0.29, 0.717) is 23.7 Å². The van der Waals surface area contributed by atoms with Crippen LogP contribution in [0.15, 0.2) is 48.8 Å². The number of aromatic amines is 1. The fourth-order valence-electron chi connectivity index (χ4n) is 5.00. The van der Waals surface area contributed by atoms with Crippen molar-refractivity contribution in [2.24, 2.45) is 5.73 Å². The van der Waals surface area contributed by atoms with Crippen molar-refractivity contribution in [2.75, 3.05) is 5.32 Å². The summed E-state index contributed by atoms with van der Waals surface area (Å²) in [6, 6.07) is 14.2. The monoisotopic (exact) mass is 375 g/mol. The standard InChI is InChI=1S/C22H25N5O/c23-21(28)19-12-25-22-18(8-9-24-22)20(19)26-15-10-16-6-7-17(11-15)27(16)13-14-4-2-1-3-5-14/h1-5,8-9,12,15-17H,6-7,10-11,13H2,(H2,23,28)(H2,24,25,26)/t15-,16+,17-. The summed E-state index contributed by atoms with van der Waals surface area (Å²) in [6.07, 6.45) is 8.07. The average Bonchev–Trinajstić information content (AvgIpc) is 3.25. The summed E-state index contributed by atoms with van der Waals surface area (Å²) in [5.74, 6) is -0.442. The Hall–Kier alpha value is -2.86. The maximum Gasteiger partial charge on any atom is 0.252 e. The Morgan fingerprint density at radius 1 is 1.18 bits per heavy atom. The van der Waals surface area contributed by atoms with Crippen LogP contribution in [-0.2, 0) is 6.54 Å². The number of nitrogens with zero attached hydrogens (tertiary/aromatic N) is 2. The van der Waals surface area contributed by atoms with E-state index >= 15 is 0 Å². The van der Waals surface area contributed by atoms with E-state index in [1.54, 1.807) is 6.20 Å². The predicted octanol–water partition coefficient (Wildman–Crippen LogP) is 3.27. The number of nitrogens with two attached hydrogens (primary N) is 1. The van der Waals surface area contributed by atoms with Crippen LogP contribution in [0.2, 0.25) is 0 Å². The van der Waals surface area contributed by atoms with E-state index in [1.165, 1.54) is 18.4 Å². The van der Waals surface area contributed by atoms with E-state index in [1.807, 2.05) is 12.3 Å². The number of nitrogens with one attached hydrogen (secondary N) is 2. The summed E-state index contributed by atoms with van der Waals surface area (Å²) in [7, 11) is 0. The number of benzene rings is 1. The molecule has 0 spiro atoms. The van der Waals surface area contributed by atoms with E-state index in [-0.39, 0.29) is 0 Å². The number of piperidine rings is 1. The minimum absolute atomic E-state index is 0.336. The largest absolute Gasteiger partial charge is 0.381 e. The Bertz CT molecular complexity index is 985. The molecule has 0 radical (unpaired) electrons. The van der Waals surface area contributed by atoms with Crippen molar-refractivity contribution in [3.8, 4) is 0 Å². The molecular formula is C22H25N5O. The van der Waals surface area contributed by atoms with Gasteiger partial charge in [-0.2, -0.15) is 0 Å². The van der Waals surface area contributed by atoms with Gasteiger partial charge in [-0.3, -0.25) is 9.69 Å². The number of anilines is 1. The lowest BCUT2D eigenvalue weighted by Gasteiger charge is -2.39. The number of H-pyrrole nitrogens is 1. The summed E-state index contributed by atoms with van der Waals surface area (Å²) in [4.78, 5) is 22.0. The van der Waals surface area contributed by atoms with Crippen molar-refractivity contribution < 1.29 is 4.79 Å². The Balaban J connectivity index is 1.36.